The van der Waals surface area contributed by atoms with Gasteiger partial charge in [0, 0.05) is 20.9 Å². The van der Waals surface area contributed by atoms with E-state index in [1.54, 1.807) is 0 Å². The molecule has 0 aliphatic heterocycles. The molecule has 2 rings (SSSR count). The first-order valence-electron chi connectivity index (χ1n) is 4.33. The van der Waals surface area contributed by atoms with Gasteiger partial charge >= 0.3 is 0 Å². The first kappa shape index (κ1) is 9.69. The fraction of sp³-hybridized carbons (Fsp3) is 0.400. The van der Waals surface area contributed by atoms with E-state index in [1.165, 1.54) is 18.4 Å². The lowest BCUT2D eigenvalue weighted by Gasteiger charge is -2.13. The molecule has 0 bridgehead atoms. The third kappa shape index (κ3) is 1.69. The standard InChI is InChI=1S/C10H11Br2N/c11-8-2-1-7(5-9(8)12)10(6-13)3-4-10/h1-2,5H,3-4,6,13H2. The van der Waals surface area contributed by atoms with Gasteiger partial charge in [0.2, 0.25) is 0 Å². The van der Waals surface area contributed by atoms with Gasteiger partial charge in [-0.15, -0.1) is 0 Å². The number of hydrogen-bond donors (Lipinski definition) is 1. The van der Waals surface area contributed by atoms with Gasteiger partial charge in [-0.25, -0.2) is 0 Å². The summed E-state index contributed by atoms with van der Waals surface area (Å²) >= 11 is 6.97. The lowest BCUT2D eigenvalue weighted by molar-refractivity contribution is 0.704. The molecule has 1 aliphatic carbocycles. The van der Waals surface area contributed by atoms with Crippen LogP contribution in [-0.4, -0.2) is 6.54 Å². The highest BCUT2D eigenvalue weighted by atomic mass is 79.9. The van der Waals surface area contributed by atoms with Crippen LogP contribution in [0.2, 0.25) is 0 Å². The maximum absolute atomic E-state index is 5.76. The van der Waals surface area contributed by atoms with E-state index in [2.05, 4.69) is 50.1 Å². The van der Waals surface area contributed by atoms with Crippen molar-refractivity contribution in [3.05, 3.63) is 32.7 Å². The number of halogens is 2. The normalized spacial score (nSPS) is 18.7. The highest BCUT2D eigenvalue weighted by Crippen LogP contribution is 2.48. The molecular formula is C10H11Br2N. The molecule has 1 aromatic rings. The Labute approximate surface area is 95.0 Å². The third-order valence-electron chi connectivity index (χ3n) is 2.78. The molecule has 0 heterocycles. The van der Waals surface area contributed by atoms with Crippen LogP contribution < -0.4 is 5.73 Å². The molecule has 0 atom stereocenters. The van der Waals surface area contributed by atoms with Crippen LogP contribution in [0.1, 0.15) is 18.4 Å². The Kier molecular flexibility index (Phi) is 2.51. The Morgan fingerprint density at radius 1 is 1.23 bits per heavy atom. The highest BCUT2D eigenvalue weighted by Gasteiger charge is 2.42. The quantitative estimate of drug-likeness (QED) is 0.892. The fourth-order valence-corrected chi connectivity index (χ4v) is 2.21. The second-order valence-electron chi connectivity index (χ2n) is 3.61. The highest BCUT2D eigenvalue weighted by molar-refractivity contribution is 9.13. The smallest absolute Gasteiger partial charge is 0.0320 e. The molecular weight excluding hydrogens is 294 g/mol. The Morgan fingerprint density at radius 3 is 2.38 bits per heavy atom. The van der Waals surface area contributed by atoms with Crippen LogP contribution in [0.3, 0.4) is 0 Å². The van der Waals surface area contributed by atoms with Crippen LogP contribution in [-0.2, 0) is 5.41 Å². The van der Waals surface area contributed by atoms with Crippen molar-refractivity contribution >= 4 is 31.9 Å². The molecule has 2 N–H and O–H groups in total. The molecule has 1 fully saturated rings. The van der Waals surface area contributed by atoms with Crippen LogP contribution in [0, 0.1) is 0 Å². The first-order valence-corrected chi connectivity index (χ1v) is 5.92. The van der Waals surface area contributed by atoms with E-state index in [4.69, 9.17) is 5.73 Å². The zero-order chi connectivity index (χ0) is 9.47. The number of rotatable bonds is 2. The van der Waals surface area contributed by atoms with E-state index in [0.29, 0.717) is 5.41 Å². The van der Waals surface area contributed by atoms with Gasteiger partial charge in [-0.2, -0.15) is 0 Å². The van der Waals surface area contributed by atoms with E-state index in [1.807, 2.05) is 0 Å². The van der Waals surface area contributed by atoms with Crippen molar-refractivity contribution in [2.45, 2.75) is 18.3 Å². The summed E-state index contributed by atoms with van der Waals surface area (Å²) < 4.78 is 2.22. The lowest BCUT2D eigenvalue weighted by Crippen LogP contribution is -2.19. The molecule has 0 saturated heterocycles. The number of nitrogens with two attached hydrogens (primary N) is 1. The zero-order valence-corrected chi connectivity index (χ0v) is 10.4. The van der Waals surface area contributed by atoms with Gasteiger partial charge in [0.05, 0.1) is 0 Å². The van der Waals surface area contributed by atoms with Crippen molar-refractivity contribution in [2.24, 2.45) is 5.73 Å². The van der Waals surface area contributed by atoms with E-state index in [9.17, 15) is 0 Å². The molecule has 1 aliphatic rings. The summed E-state index contributed by atoms with van der Waals surface area (Å²) in [6, 6.07) is 6.41. The Hall–Kier alpha value is 0.140. The van der Waals surface area contributed by atoms with Gasteiger partial charge < -0.3 is 5.73 Å². The van der Waals surface area contributed by atoms with Gasteiger partial charge in [-0.3, -0.25) is 0 Å². The topological polar surface area (TPSA) is 26.0 Å². The van der Waals surface area contributed by atoms with Crippen molar-refractivity contribution < 1.29 is 0 Å². The molecule has 1 saturated carbocycles. The molecule has 1 nitrogen and oxygen atoms in total. The molecule has 0 amide bonds. The van der Waals surface area contributed by atoms with Crippen LogP contribution in [0.15, 0.2) is 27.1 Å². The maximum atomic E-state index is 5.76. The summed E-state index contributed by atoms with van der Waals surface area (Å²) in [4.78, 5) is 0. The van der Waals surface area contributed by atoms with Crippen molar-refractivity contribution in [3.63, 3.8) is 0 Å². The largest absolute Gasteiger partial charge is 0.330 e. The average molecular weight is 305 g/mol. The van der Waals surface area contributed by atoms with Gasteiger partial charge in [0.15, 0.2) is 0 Å². The molecule has 13 heavy (non-hydrogen) atoms. The van der Waals surface area contributed by atoms with E-state index in [-0.39, 0.29) is 0 Å². The van der Waals surface area contributed by atoms with Crippen LogP contribution in [0.5, 0.6) is 0 Å². The summed E-state index contributed by atoms with van der Waals surface area (Å²) in [5, 5.41) is 0. The van der Waals surface area contributed by atoms with E-state index >= 15 is 0 Å². The SMILES string of the molecule is NCC1(c2ccc(Br)c(Br)c2)CC1. The molecule has 1 aromatic carbocycles. The number of hydrogen-bond acceptors (Lipinski definition) is 1. The first-order chi connectivity index (χ1) is 6.18. The molecule has 0 radical (unpaired) electrons. The zero-order valence-electron chi connectivity index (χ0n) is 7.19. The van der Waals surface area contributed by atoms with Crippen LogP contribution in [0.25, 0.3) is 0 Å². The minimum atomic E-state index is 0.295. The van der Waals surface area contributed by atoms with Gasteiger partial charge in [0.25, 0.3) is 0 Å². The van der Waals surface area contributed by atoms with Crippen molar-refractivity contribution in [2.75, 3.05) is 6.54 Å². The van der Waals surface area contributed by atoms with Crippen LogP contribution in [0.4, 0.5) is 0 Å². The van der Waals surface area contributed by atoms with Gasteiger partial charge in [-0.1, -0.05) is 6.07 Å². The predicted molar refractivity (Wildman–Crippen MR) is 61.8 cm³/mol. The lowest BCUT2D eigenvalue weighted by atomic mass is 9.96. The molecule has 0 aromatic heterocycles. The second kappa shape index (κ2) is 3.37. The summed E-state index contributed by atoms with van der Waals surface area (Å²) in [5.41, 5.74) is 7.42. The van der Waals surface area contributed by atoms with Gasteiger partial charge in [0.1, 0.15) is 0 Å². The third-order valence-corrected chi connectivity index (χ3v) is 4.66. The molecule has 3 heteroatoms. The second-order valence-corrected chi connectivity index (χ2v) is 5.32. The summed E-state index contributed by atoms with van der Waals surface area (Å²) in [6.45, 7) is 0.765. The molecule has 0 unspecified atom stereocenters. The van der Waals surface area contributed by atoms with Crippen molar-refractivity contribution in [1.82, 2.24) is 0 Å². The predicted octanol–water partition coefficient (Wildman–Crippen LogP) is 3.20. The Morgan fingerprint density at radius 2 is 1.92 bits per heavy atom. The van der Waals surface area contributed by atoms with Gasteiger partial charge in [-0.05, 0) is 62.4 Å². The average Bonchev–Trinajstić information content (AvgIpc) is 2.90. The number of benzene rings is 1. The fourth-order valence-electron chi connectivity index (χ4n) is 1.59. The summed E-state index contributed by atoms with van der Waals surface area (Å²) in [5.74, 6) is 0. The molecule has 70 valence electrons. The Bertz CT molecular complexity index is 332. The van der Waals surface area contributed by atoms with E-state index in [0.717, 1.165) is 15.5 Å². The minimum absolute atomic E-state index is 0.295. The summed E-state index contributed by atoms with van der Waals surface area (Å²) in [7, 11) is 0. The van der Waals surface area contributed by atoms with Crippen LogP contribution >= 0.6 is 31.9 Å². The van der Waals surface area contributed by atoms with E-state index < -0.39 is 0 Å². The monoisotopic (exact) mass is 303 g/mol. The summed E-state index contributed by atoms with van der Waals surface area (Å²) in [6.07, 6.45) is 2.47. The Balaban J connectivity index is 2.37. The van der Waals surface area contributed by atoms with Crippen molar-refractivity contribution in [3.8, 4) is 0 Å². The minimum Gasteiger partial charge on any atom is -0.330 e. The van der Waals surface area contributed by atoms with Crippen molar-refractivity contribution in [1.29, 1.82) is 0 Å². The maximum Gasteiger partial charge on any atom is 0.0320 e. The molecule has 0 spiro atoms.